The first-order chi connectivity index (χ1) is 9.56. The van der Waals surface area contributed by atoms with Crippen LogP contribution in [0.5, 0.6) is 0 Å². The van der Waals surface area contributed by atoms with Gasteiger partial charge in [-0.1, -0.05) is 0 Å². The molecule has 114 valence electrons. The number of carbonyl (C=O) groups is 3. The van der Waals surface area contributed by atoms with Crippen LogP contribution < -0.4 is 15.5 Å². The van der Waals surface area contributed by atoms with E-state index in [1.807, 2.05) is 0 Å². The van der Waals surface area contributed by atoms with Gasteiger partial charge in [0.15, 0.2) is 6.54 Å². The standard InChI is InChI=1S/C13H23N3O4/c1-3-20-13(19)10-5-4-6-16(8-10)9-12(18)15-7-11(17)14-2/h10H,3-9H2,1-2H3,(H,14,17)(H,15,18)/p+1/t10-/m0/s1. The Hall–Kier alpha value is -1.63. The van der Waals surface area contributed by atoms with Crippen molar-refractivity contribution in [2.45, 2.75) is 19.8 Å². The average molecular weight is 286 g/mol. The zero-order valence-electron chi connectivity index (χ0n) is 12.2. The van der Waals surface area contributed by atoms with Crippen molar-refractivity contribution in [1.29, 1.82) is 0 Å². The zero-order valence-corrected chi connectivity index (χ0v) is 12.2. The Bertz CT molecular complexity index is 360. The van der Waals surface area contributed by atoms with Crippen LogP contribution in [-0.2, 0) is 19.1 Å². The minimum absolute atomic E-state index is 0.0100. The zero-order chi connectivity index (χ0) is 15.0. The van der Waals surface area contributed by atoms with E-state index in [2.05, 4.69) is 10.6 Å². The largest absolute Gasteiger partial charge is 0.466 e. The van der Waals surface area contributed by atoms with Gasteiger partial charge in [-0.15, -0.1) is 0 Å². The lowest BCUT2D eigenvalue weighted by Crippen LogP contribution is -3.14. The van der Waals surface area contributed by atoms with Gasteiger partial charge in [-0.25, -0.2) is 0 Å². The number of likely N-dealkylation sites (tertiary alicyclic amines) is 1. The van der Waals surface area contributed by atoms with Crippen molar-refractivity contribution in [2.24, 2.45) is 5.92 Å². The van der Waals surface area contributed by atoms with Crippen molar-refractivity contribution in [3.8, 4) is 0 Å². The van der Waals surface area contributed by atoms with E-state index in [0.29, 0.717) is 13.2 Å². The first-order valence-electron chi connectivity index (χ1n) is 7.04. The molecule has 1 saturated heterocycles. The van der Waals surface area contributed by atoms with E-state index in [4.69, 9.17) is 4.74 Å². The molecule has 1 aliphatic heterocycles. The Labute approximate surface area is 119 Å². The normalized spacial score (nSPS) is 21.9. The first kappa shape index (κ1) is 16.4. The second kappa shape index (κ2) is 8.52. The average Bonchev–Trinajstić information content (AvgIpc) is 2.45. The molecule has 3 N–H and O–H groups in total. The third-order valence-corrected chi connectivity index (χ3v) is 3.37. The fraction of sp³-hybridized carbons (Fsp3) is 0.769. The van der Waals surface area contributed by atoms with E-state index in [9.17, 15) is 14.4 Å². The maximum absolute atomic E-state index is 11.7. The summed E-state index contributed by atoms with van der Waals surface area (Å²) in [7, 11) is 1.52. The van der Waals surface area contributed by atoms with Crippen LogP contribution in [0, 0.1) is 5.92 Å². The van der Waals surface area contributed by atoms with Crippen molar-refractivity contribution in [3.05, 3.63) is 0 Å². The van der Waals surface area contributed by atoms with E-state index in [0.717, 1.165) is 24.3 Å². The molecule has 0 spiro atoms. The fourth-order valence-electron chi connectivity index (χ4n) is 2.33. The Kier molecular flexibility index (Phi) is 7.00. The van der Waals surface area contributed by atoms with E-state index in [1.54, 1.807) is 6.92 Å². The summed E-state index contributed by atoms with van der Waals surface area (Å²) in [6.07, 6.45) is 1.73. The molecule has 0 saturated carbocycles. The van der Waals surface area contributed by atoms with Crippen LogP contribution >= 0.6 is 0 Å². The smallest absolute Gasteiger partial charge is 0.314 e. The van der Waals surface area contributed by atoms with Crippen molar-refractivity contribution >= 4 is 17.8 Å². The molecular formula is C13H24N3O4+. The SMILES string of the molecule is CCOC(=O)[C@H]1CCC[NH+](CC(=O)NCC(=O)NC)C1. The highest BCUT2D eigenvalue weighted by atomic mass is 16.5. The van der Waals surface area contributed by atoms with Crippen molar-refractivity contribution in [3.63, 3.8) is 0 Å². The molecule has 0 aliphatic carbocycles. The van der Waals surface area contributed by atoms with Gasteiger partial charge in [0.1, 0.15) is 5.92 Å². The summed E-state index contributed by atoms with van der Waals surface area (Å²) in [6.45, 7) is 3.93. The first-order valence-corrected chi connectivity index (χ1v) is 7.04. The predicted octanol–water partition coefficient (Wildman–Crippen LogP) is -2.29. The summed E-state index contributed by atoms with van der Waals surface area (Å²) >= 11 is 0. The molecule has 7 heteroatoms. The molecule has 1 fully saturated rings. The van der Waals surface area contributed by atoms with Crippen molar-refractivity contribution in [1.82, 2.24) is 10.6 Å². The molecule has 0 aromatic heterocycles. The van der Waals surface area contributed by atoms with Gasteiger partial charge in [0.05, 0.1) is 26.2 Å². The van der Waals surface area contributed by atoms with Crippen LogP contribution in [0.1, 0.15) is 19.8 Å². The molecule has 2 atom stereocenters. The molecular weight excluding hydrogens is 262 g/mol. The van der Waals surface area contributed by atoms with Crippen LogP contribution in [0.25, 0.3) is 0 Å². The van der Waals surface area contributed by atoms with E-state index in [1.165, 1.54) is 7.05 Å². The molecule has 1 heterocycles. The van der Waals surface area contributed by atoms with Gasteiger partial charge < -0.3 is 20.3 Å². The second-order valence-electron chi connectivity index (χ2n) is 4.92. The number of rotatable bonds is 6. The molecule has 0 bridgehead atoms. The summed E-state index contributed by atoms with van der Waals surface area (Å²) in [5, 5.41) is 5.00. The van der Waals surface area contributed by atoms with Crippen LogP contribution in [0.15, 0.2) is 0 Å². The van der Waals surface area contributed by atoms with Gasteiger partial charge in [0, 0.05) is 7.05 Å². The van der Waals surface area contributed by atoms with Crippen LogP contribution in [0.3, 0.4) is 0 Å². The topological polar surface area (TPSA) is 88.9 Å². The predicted molar refractivity (Wildman–Crippen MR) is 72.0 cm³/mol. The van der Waals surface area contributed by atoms with Gasteiger partial charge in [-0.05, 0) is 19.8 Å². The van der Waals surface area contributed by atoms with E-state index in [-0.39, 0.29) is 36.8 Å². The summed E-state index contributed by atoms with van der Waals surface area (Å²) < 4.78 is 5.02. The number of hydrogen-bond acceptors (Lipinski definition) is 4. The summed E-state index contributed by atoms with van der Waals surface area (Å²) in [5.74, 6) is -0.689. The molecule has 0 aromatic rings. The quantitative estimate of drug-likeness (QED) is 0.479. The third-order valence-electron chi connectivity index (χ3n) is 3.37. The molecule has 0 aromatic carbocycles. The van der Waals surface area contributed by atoms with E-state index < -0.39 is 0 Å². The maximum Gasteiger partial charge on any atom is 0.314 e. The van der Waals surface area contributed by atoms with Gasteiger partial charge in [0.25, 0.3) is 5.91 Å². The maximum atomic E-state index is 11.7. The van der Waals surface area contributed by atoms with Crippen LogP contribution in [-0.4, -0.2) is 57.6 Å². The lowest BCUT2D eigenvalue weighted by Gasteiger charge is -2.28. The Balaban J connectivity index is 2.34. The minimum Gasteiger partial charge on any atom is -0.466 e. The molecule has 20 heavy (non-hydrogen) atoms. The molecule has 1 rings (SSSR count). The number of nitrogens with one attached hydrogen (secondary N) is 3. The number of likely N-dealkylation sites (N-methyl/N-ethyl adjacent to an activating group) is 1. The second-order valence-corrected chi connectivity index (χ2v) is 4.92. The Morgan fingerprint density at radius 3 is 2.70 bits per heavy atom. The van der Waals surface area contributed by atoms with Gasteiger partial charge in [-0.2, -0.15) is 0 Å². The number of piperidine rings is 1. The molecule has 0 radical (unpaired) electrons. The number of amides is 2. The summed E-state index contributed by atoms with van der Waals surface area (Å²) in [5.41, 5.74) is 0. The summed E-state index contributed by atoms with van der Waals surface area (Å²) in [4.78, 5) is 35.5. The number of hydrogen-bond donors (Lipinski definition) is 3. The van der Waals surface area contributed by atoms with Crippen LogP contribution in [0.4, 0.5) is 0 Å². The Morgan fingerprint density at radius 2 is 2.05 bits per heavy atom. The summed E-state index contributed by atoms with van der Waals surface area (Å²) in [6, 6.07) is 0. The van der Waals surface area contributed by atoms with E-state index >= 15 is 0 Å². The van der Waals surface area contributed by atoms with Gasteiger partial charge in [-0.3, -0.25) is 14.4 Å². The number of ether oxygens (including phenoxy) is 1. The molecule has 1 unspecified atom stereocenters. The fourth-order valence-corrected chi connectivity index (χ4v) is 2.33. The highest BCUT2D eigenvalue weighted by Gasteiger charge is 2.30. The Morgan fingerprint density at radius 1 is 1.30 bits per heavy atom. The number of esters is 1. The number of carbonyl (C=O) groups excluding carboxylic acids is 3. The molecule has 1 aliphatic rings. The van der Waals surface area contributed by atoms with Gasteiger partial charge >= 0.3 is 5.97 Å². The van der Waals surface area contributed by atoms with Crippen molar-refractivity contribution in [2.75, 3.05) is 39.8 Å². The lowest BCUT2D eigenvalue weighted by atomic mass is 9.98. The molecule has 7 nitrogen and oxygen atoms in total. The highest BCUT2D eigenvalue weighted by Crippen LogP contribution is 2.09. The lowest BCUT2D eigenvalue weighted by molar-refractivity contribution is -0.899. The third kappa shape index (κ3) is 5.56. The molecule has 2 amide bonds. The van der Waals surface area contributed by atoms with Gasteiger partial charge in [0.2, 0.25) is 5.91 Å². The van der Waals surface area contributed by atoms with Crippen molar-refractivity contribution < 1.29 is 24.0 Å². The minimum atomic E-state index is -0.226. The number of quaternary nitrogens is 1. The van der Waals surface area contributed by atoms with Crippen LogP contribution in [0.2, 0.25) is 0 Å². The monoisotopic (exact) mass is 286 g/mol. The highest BCUT2D eigenvalue weighted by molar-refractivity contribution is 5.84.